The van der Waals surface area contributed by atoms with Crippen molar-refractivity contribution < 1.29 is 14.6 Å². The summed E-state index contributed by atoms with van der Waals surface area (Å²) in [6, 6.07) is 0. The maximum atomic E-state index is 11.4. The predicted octanol–water partition coefficient (Wildman–Crippen LogP) is 1.16. The lowest BCUT2D eigenvalue weighted by atomic mass is 9.98. The third-order valence-electron chi connectivity index (χ3n) is 2.49. The van der Waals surface area contributed by atoms with Crippen molar-refractivity contribution in [3.05, 3.63) is 0 Å². The number of ether oxygens (including phenoxy) is 1. The standard InChI is InChI=1S/C11H23NO3S/c1-7(16-9(3)8(2)13)6-11(4,12)10(14)15-5/h7-9,13H,6,12H2,1-5H3. The van der Waals surface area contributed by atoms with Gasteiger partial charge in [-0.2, -0.15) is 11.8 Å². The van der Waals surface area contributed by atoms with Gasteiger partial charge in [0.1, 0.15) is 5.54 Å². The number of nitrogens with two attached hydrogens (primary N) is 1. The van der Waals surface area contributed by atoms with E-state index in [0.717, 1.165) is 0 Å². The molecule has 3 N–H and O–H groups in total. The molecule has 16 heavy (non-hydrogen) atoms. The molecule has 0 rings (SSSR count). The largest absolute Gasteiger partial charge is 0.468 e. The lowest BCUT2D eigenvalue weighted by Gasteiger charge is -2.27. The van der Waals surface area contributed by atoms with Gasteiger partial charge in [0.2, 0.25) is 0 Å². The van der Waals surface area contributed by atoms with Gasteiger partial charge in [0, 0.05) is 10.5 Å². The first-order valence-corrected chi connectivity index (χ1v) is 6.35. The van der Waals surface area contributed by atoms with Gasteiger partial charge in [-0.25, -0.2) is 0 Å². The molecule has 4 nitrogen and oxygen atoms in total. The molecule has 0 aromatic heterocycles. The van der Waals surface area contributed by atoms with Gasteiger partial charge >= 0.3 is 5.97 Å². The highest BCUT2D eigenvalue weighted by atomic mass is 32.2. The molecule has 0 amide bonds. The van der Waals surface area contributed by atoms with Gasteiger partial charge in [0.15, 0.2) is 0 Å². The smallest absolute Gasteiger partial charge is 0.325 e. The summed E-state index contributed by atoms with van der Waals surface area (Å²) >= 11 is 1.62. The van der Waals surface area contributed by atoms with Gasteiger partial charge in [-0.3, -0.25) is 4.79 Å². The molecule has 0 radical (unpaired) electrons. The number of rotatable bonds is 6. The molecule has 4 atom stereocenters. The Balaban J connectivity index is 4.23. The van der Waals surface area contributed by atoms with E-state index in [1.165, 1.54) is 7.11 Å². The topological polar surface area (TPSA) is 72.5 Å². The highest BCUT2D eigenvalue weighted by Crippen LogP contribution is 2.26. The van der Waals surface area contributed by atoms with Crippen LogP contribution in [0, 0.1) is 0 Å². The van der Waals surface area contributed by atoms with E-state index < -0.39 is 11.5 Å². The second-order valence-electron chi connectivity index (χ2n) is 4.51. The summed E-state index contributed by atoms with van der Waals surface area (Å²) in [6.07, 6.45) is 0.163. The molecule has 0 aromatic rings. The second-order valence-corrected chi connectivity index (χ2v) is 6.33. The van der Waals surface area contributed by atoms with Gasteiger partial charge < -0.3 is 15.6 Å². The summed E-state index contributed by atoms with van der Waals surface area (Å²) in [7, 11) is 1.34. The molecule has 0 spiro atoms. The monoisotopic (exact) mass is 249 g/mol. The Labute approximate surface area is 102 Å². The fourth-order valence-corrected chi connectivity index (χ4v) is 2.84. The van der Waals surface area contributed by atoms with Crippen LogP contribution in [0.25, 0.3) is 0 Å². The van der Waals surface area contributed by atoms with E-state index in [9.17, 15) is 9.90 Å². The number of hydrogen-bond donors (Lipinski definition) is 2. The Morgan fingerprint density at radius 2 is 2.00 bits per heavy atom. The third-order valence-corrected chi connectivity index (χ3v) is 3.94. The van der Waals surface area contributed by atoms with E-state index in [4.69, 9.17) is 5.73 Å². The van der Waals surface area contributed by atoms with Crippen LogP contribution < -0.4 is 5.73 Å². The zero-order valence-corrected chi connectivity index (χ0v) is 11.5. The number of carbonyl (C=O) groups is 1. The minimum atomic E-state index is -0.959. The van der Waals surface area contributed by atoms with Crippen molar-refractivity contribution in [3.8, 4) is 0 Å². The molecule has 0 fully saturated rings. The molecule has 0 bridgehead atoms. The maximum Gasteiger partial charge on any atom is 0.325 e. The third kappa shape index (κ3) is 5.18. The molecular weight excluding hydrogens is 226 g/mol. The number of esters is 1. The lowest BCUT2D eigenvalue weighted by Crippen LogP contribution is -2.47. The highest BCUT2D eigenvalue weighted by Gasteiger charge is 2.32. The molecule has 0 aliphatic carbocycles. The summed E-state index contributed by atoms with van der Waals surface area (Å²) in [5.74, 6) is -0.398. The first-order valence-electron chi connectivity index (χ1n) is 5.41. The molecule has 0 saturated heterocycles. The van der Waals surface area contributed by atoms with Crippen LogP contribution in [0.15, 0.2) is 0 Å². The van der Waals surface area contributed by atoms with Crippen molar-refractivity contribution in [3.63, 3.8) is 0 Å². The molecule has 0 aromatic carbocycles. The molecule has 0 aliphatic rings. The minimum absolute atomic E-state index is 0.128. The Morgan fingerprint density at radius 3 is 2.38 bits per heavy atom. The van der Waals surface area contributed by atoms with E-state index in [-0.39, 0.29) is 16.6 Å². The fraction of sp³-hybridized carbons (Fsp3) is 0.909. The SMILES string of the molecule is COC(=O)C(C)(N)CC(C)SC(C)C(C)O. The Morgan fingerprint density at radius 1 is 1.50 bits per heavy atom. The second kappa shape index (κ2) is 6.47. The van der Waals surface area contributed by atoms with Crippen LogP contribution in [0.4, 0.5) is 0 Å². The molecule has 0 aliphatic heterocycles. The lowest BCUT2D eigenvalue weighted by molar-refractivity contribution is -0.146. The summed E-state index contributed by atoms with van der Waals surface area (Å²) in [5, 5.41) is 9.70. The van der Waals surface area contributed by atoms with Crippen molar-refractivity contribution >= 4 is 17.7 Å². The first-order chi connectivity index (χ1) is 7.20. The van der Waals surface area contributed by atoms with Crippen molar-refractivity contribution in [1.29, 1.82) is 0 Å². The van der Waals surface area contributed by atoms with Gasteiger partial charge in [0.05, 0.1) is 13.2 Å². The van der Waals surface area contributed by atoms with Crippen LogP contribution >= 0.6 is 11.8 Å². The zero-order chi connectivity index (χ0) is 12.9. The van der Waals surface area contributed by atoms with E-state index in [1.807, 2.05) is 13.8 Å². The summed E-state index contributed by atoms with van der Waals surface area (Å²) in [4.78, 5) is 11.4. The minimum Gasteiger partial charge on any atom is -0.468 e. The van der Waals surface area contributed by atoms with Crippen LogP contribution in [0.2, 0.25) is 0 Å². The van der Waals surface area contributed by atoms with Crippen molar-refractivity contribution in [2.45, 2.75) is 56.3 Å². The number of aliphatic hydroxyl groups excluding tert-OH is 1. The first kappa shape index (κ1) is 15.7. The molecular formula is C11H23NO3S. The quantitative estimate of drug-likeness (QED) is 0.691. The number of aliphatic hydroxyl groups is 1. The van der Waals surface area contributed by atoms with E-state index >= 15 is 0 Å². The molecule has 96 valence electrons. The summed E-state index contributed by atoms with van der Waals surface area (Å²) in [6.45, 7) is 7.38. The fourth-order valence-electron chi connectivity index (χ4n) is 1.44. The van der Waals surface area contributed by atoms with Gasteiger partial charge in [-0.15, -0.1) is 0 Å². The van der Waals surface area contributed by atoms with Crippen LogP contribution in [0.5, 0.6) is 0 Å². The number of thioether (sulfide) groups is 1. The normalized spacial score (nSPS) is 20.7. The van der Waals surface area contributed by atoms with Crippen LogP contribution in [-0.4, -0.2) is 40.3 Å². The highest BCUT2D eigenvalue weighted by molar-refractivity contribution is 8.00. The van der Waals surface area contributed by atoms with Crippen LogP contribution in [-0.2, 0) is 9.53 Å². The molecule has 5 heteroatoms. The molecule has 0 heterocycles. The summed E-state index contributed by atoms with van der Waals surface area (Å²) < 4.78 is 4.65. The number of carbonyl (C=O) groups excluding carboxylic acids is 1. The molecule has 4 unspecified atom stereocenters. The van der Waals surface area contributed by atoms with Crippen LogP contribution in [0.3, 0.4) is 0 Å². The molecule has 0 saturated carbocycles. The van der Waals surface area contributed by atoms with Gasteiger partial charge in [0.25, 0.3) is 0 Å². The van der Waals surface area contributed by atoms with Gasteiger partial charge in [-0.1, -0.05) is 13.8 Å². The van der Waals surface area contributed by atoms with Crippen LogP contribution in [0.1, 0.15) is 34.1 Å². The van der Waals surface area contributed by atoms with Gasteiger partial charge in [-0.05, 0) is 20.3 Å². The van der Waals surface area contributed by atoms with E-state index in [2.05, 4.69) is 4.74 Å². The number of hydrogen-bond acceptors (Lipinski definition) is 5. The average molecular weight is 249 g/mol. The predicted molar refractivity (Wildman–Crippen MR) is 67.4 cm³/mol. The van der Waals surface area contributed by atoms with E-state index in [1.54, 1.807) is 25.6 Å². The maximum absolute atomic E-state index is 11.4. The Hall–Kier alpha value is -0.260. The summed E-state index contributed by atoms with van der Waals surface area (Å²) in [5.41, 5.74) is 4.91. The Bertz CT molecular complexity index is 231. The Kier molecular flexibility index (Phi) is 6.36. The van der Waals surface area contributed by atoms with Crippen molar-refractivity contribution in [2.24, 2.45) is 5.73 Å². The van der Waals surface area contributed by atoms with E-state index in [0.29, 0.717) is 6.42 Å². The zero-order valence-electron chi connectivity index (χ0n) is 10.7. The van der Waals surface area contributed by atoms with Crippen molar-refractivity contribution in [2.75, 3.05) is 7.11 Å². The average Bonchev–Trinajstić information content (AvgIpc) is 2.14. The van der Waals surface area contributed by atoms with Crippen molar-refractivity contribution in [1.82, 2.24) is 0 Å². The number of methoxy groups -OCH3 is 1.